The van der Waals surface area contributed by atoms with E-state index >= 15 is 0 Å². The maximum Gasteiger partial charge on any atom is 0.315 e. The molecular formula is C17H28N6O3S. The van der Waals surface area contributed by atoms with Gasteiger partial charge in [0.15, 0.2) is 0 Å². The molecule has 1 aromatic heterocycles. The average Bonchev–Trinajstić information content (AvgIpc) is 3.04. The van der Waals surface area contributed by atoms with E-state index in [0.29, 0.717) is 31.7 Å². The molecule has 0 bridgehead atoms. The number of hydrogen-bond donors (Lipinski definition) is 2. The first-order valence-corrected chi connectivity index (χ1v) is 10.6. The van der Waals surface area contributed by atoms with Gasteiger partial charge in [0.25, 0.3) is 0 Å². The van der Waals surface area contributed by atoms with Crippen molar-refractivity contribution in [2.24, 2.45) is 0 Å². The lowest BCUT2D eigenvalue weighted by Crippen LogP contribution is -2.41. The molecule has 9 nitrogen and oxygen atoms in total. The van der Waals surface area contributed by atoms with E-state index in [2.05, 4.69) is 20.9 Å². The van der Waals surface area contributed by atoms with Crippen LogP contribution < -0.4 is 10.6 Å². The van der Waals surface area contributed by atoms with E-state index < -0.39 is 10.0 Å². The highest BCUT2D eigenvalue weighted by molar-refractivity contribution is 7.89. The number of aromatic nitrogens is 3. The Labute approximate surface area is 160 Å². The minimum atomic E-state index is -3.53. The van der Waals surface area contributed by atoms with E-state index in [0.717, 1.165) is 11.9 Å². The molecular weight excluding hydrogens is 368 g/mol. The van der Waals surface area contributed by atoms with Crippen molar-refractivity contribution in [1.29, 1.82) is 0 Å². The third kappa shape index (κ3) is 4.95. The van der Waals surface area contributed by atoms with Gasteiger partial charge in [0, 0.05) is 25.7 Å². The lowest BCUT2D eigenvalue weighted by molar-refractivity contribution is 0.237. The van der Waals surface area contributed by atoms with Crippen molar-refractivity contribution < 1.29 is 13.2 Å². The van der Waals surface area contributed by atoms with Gasteiger partial charge in [-0.15, -0.1) is 5.10 Å². The highest BCUT2D eigenvalue weighted by Gasteiger charge is 2.22. The highest BCUT2D eigenvalue weighted by Crippen LogP contribution is 2.20. The second-order valence-electron chi connectivity index (χ2n) is 6.26. The monoisotopic (exact) mass is 396 g/mol. The Kier molecular flexibility index (Phi) is 7.14. The van der Waals surface area contributed by atoms with Gasteiger partial charge < -0.3 is 10.6 Å². The summed E-state index contributed by atoms with van der Waals surface area (Å²) in [5.41, 5.74) is 1.23. The van der Waals surface area contributed by atoms with Crippen LogP contribution in [0.3, 0.4) is 0 Å². The molecule has 1 atom stereocenters. The van der Waals surface area contributed by atoms with Gasteiger partial charge in [-0.2, -0.15) is 4.31 Å². The smallest absolute Gasteiger partial charge is 0.315 e. The lowest BCUT2D eigenvalue weighted by atomic mass is 10.3. The van der Waals surface area contributed by atoms with Gasteiger partial charge in [-0.1, -0.05) is 26.0 Å². The first-order chi connectivity index (χ1) is 12.8. The Balaban J connectivity index is 2.09. The minimum absolute atomic E-state index is 0.114. The number of nitrogens with one attached hydrogen (secondary N) is 2. The second kappa shape index (κ2) is 9.14. The Bertz CT molecular complexity index is 876. The molecule has 10 heteroatoms. The molecule has 2 amide bonds. The van der Waals surface area contributed by atoms with Gasteiger partial charge in [0.05, 0.1) is 17.0 Å². The first-order valence-electron chi connectivity index (χ1n) is 9.21. The fourth-order valence-electron chi connectivity index (χ4n) is 2.64. The largest absolute Gasteiger partial charge is 0.336 e. The minimum Gasteiger partial charge on any atom is -0.336 e. The number of fused-ring (bicyclic) bond motifs is 1. The van der Waals surface area contributed by atoms with Crippen LogP contribution in [0, 0.1) is 0 Å². The topological polar surface area (TPSA) is 109 Å². The summed E-state index contributed by atoms with van der Waals surface area (Å²) in [5, 5.41) is 13.7. The third-order valence-corrected chi connectivity index (χ3v) is 6.47. The summed E-state index contributed by atoms with van der Waals surface area (Å²) in [7, 11) is -3.53. The normalized spacial score (nSPS) is 13.1. The summed E-state index contributed by atoms with van der Waals surface area (Å²) in [4.78, 5) is 11.9. The Morgan fingerprint density at radius 1 is 1.26 bits per heavy atom. The summed E-state index contributed by atoms with van der Waals surface area (Å²) in [5.74, 6) is 0. The van der Waals surface area contributed by atoms with Gasteiger partial charge in [-0.3, -0.25) is 0 Å². The highest BCUT2D eigenvalue weighted by atomic mass is 32.2. The van der Waals surface area contributed by atoms with Crippen molar-refractivity contribution in [3.05, 3.63) is 18.2 Å². The number of amides is 2. The maximum atomic E-state index is 12.6. The van der Waals surface area contributed by atoms with Crippen LogP contribution in [0.1, 0.15) is 34.1 Å². The number of urea groups is 1. The number of carbonyl (C=O) groups excluding carboxylic acids is 1. The molecule has 0 spiro atoms. The van der Waals surface area contributed by atoms with Crippen LogP contribution in [0.4, 0.5) is 4.79 Å². The zero-order valence-electron chi connectivity index (χ0n) is 16.3. The molecule has 2 rings (SSSR count). The van der Waals surface area contributed by atoms with Crippen LogP contribution in [0.2, 0.25) is 0 Å². The third-order valence-electron chi connectivity index (χ3n) is 4.43. The van der Waals surface area contributed by atoms with E-state index in [1.807, 2.05) is 13.8 Å². The number of benzene rings is 1. The van der Waals surface area contributed by atoms with Crippen molar-refractivity contribution in [1.82, 2.24) is 29.9 Å². The fourth-order valence-corrected chi connectivity index (χ4v) is 4.12. The Hall–Kier alpha value is -2.20. The molecule has 0 unspecified atom stereocenters. The van der Waals surface area contributed by atoms with Gasteiger partial charge in [0.1, 0.15) is 5.52 Å². The molecule has 2 aromatic rings. The molecule has 150 valence electrons. The van der Waals surface area contributed by atoms with E-state index in [4.69, 9.17) is 0 Å². The quantitative estimate of drug-likeness (QED) is 0.668. The SMILES string of the molecule is CC[C@H](C)NC(=O)NCCn1nnc2cc(S(=O)(=O)N(CC)CC)ccc21. The van der Waals surface area contributed by atoms with Crippen molar-refractivity contribution in [3.8, 4) is 0 Å². The molecule has 27 heavy (non-hydrogen) atoms. The number of hydrogen-bond acceptors (Lipinski definition) is 5. The summed E-state index contributed by atoms with van der Waals surface area (Å²) < 4.78 is 28.3. The van der Waals surface area contributed by atoms with E-state index in [1.165, 1.54) is 10.4 Å². The zero-order valence-corrected chi connectivity index (χ0v) is 17.1. The van der Waals surface area contributed by atoms with Crippen LogP contribution in [0.5, 0.6) is 0 Å². The number of rotatable bonds is 9. The van der Waals surface area contributed by atoms with Crippen molar-refractivity contribution in [2.45, 2.75) is 51.6 Å². The number of nitrogens with zero attached hydrogens (tertiary/aromatic N) is 4. The standard InChI is InChI=1S/C17H28N6O3S/c1-5-13(4)19-17(24)18-10-11-23-16-9-8-14(12-15(16)20-21-23)27(25,26)22(6-2)7-3/h8-9,12-13H,5-7,10-11H2,1-4H3,(H2,18,19,24)/t13-/m0/s1. The maximum absolute atomic E-state index is 12.6. The van der Waals surface area contributed by atoms with Crippen molar-refractivity contribution in [2.75, 3.05) is 19.6 Å². The molecule has 2 N–H and O–H groups in total. The molecule has 0 radical (unpaired) electrons. The van der Waals surface area contributed by atoms with E-state index in [1.54, 1.807) is 30.7 Å². The van der Waals surface area contributed by atoms with Crippen LogP contribution in [0.15, 0.2) is 23.1 Å². The molecule has 0 aliphatic rings. The van der Waals surface area contributed by atoms with E-state index in [-0.39, 0.29) is 17.0 Å². The molecule has 0 aliphatic carbocycles. The summed E-state index contributed by atoms with van der Waals surface area (Å²) >= 11 is 0. The summed E-state index contributed by atoms with van der Waals surface area (Å²) in [6.07, 6.45) is 0.861. The van der Waals surface area contributed by atoms with Crippen LogP contribution in [0.25, 0.3) is 11.0 Å². The van der Waals surface area contributed by atoms with Crippen LogP contribution in [-0.2, 0) is 16.6 Å². The molecule has 0 aliphatic heterocycles. The van der Waals surface area contributed by atoms with Gasteiger partial charge in [-0.05, 0) is 31.5 Å². The summed E-state index contributed by atoms with van der Waals surface area (Å²) in [6.45, 7) is 9.20. The van der Waals surface area contributed by atoms with Crippen LogP contribution in [-0.4, -0.2) is 59.4 Å². The number of carbonyl (C=O) groups is 1. The van der Waals surface area contributed by atoms with Gasteiger partial charge in [-0.25, -0.2) is 17.9 Å². The fraction of sp³-hybridized carbons (Fsp3) is 0.588. The Morgan fingerprint density at radius 2 is 1.96 bits per heavy atom. The predicted octanol–water partition coefficient (Wildman–Crippen LogP) is 1.56. The molecule has 0 saturated heterocycles. The van der Waals surface area contributed by atoms with Crippen molar-refractivity contribution in [3.63, 3.8) is 0 Å². The van der Waals surface area contributed by atoms with E-state index in [9.17, 15) is 13.2 Å². The van der Waals surface area contributed by atoms with Gasteiger partial charge >= 0.3 is 6.03 Å². The van der Waals surface area contributed by atoms with Crippen LogP contribution >= 0.6 is 0 Å². The lowest BCUT2D eigenvalue weighted by Gasteiger charge is -2.18. The average molecular weight is 397 g/mol. The van der Waals surface area contributed by atoms with Crippen molar-refractivity contribution >= 4 is 27.1 Å². The predicted molar refractivity (Wildman–Crippen MR) is 104 cm³/mol. The molecule has 0 fully saturated rings. The molecule has 0 saturated carbocycles. The number of sulfonamides is 1. The molecule has 1 heterocycles. The second-order valence-corrected chi connectivity index (χ2v) is 8.20. The molecule has 1 aromatic carbocycles. The van der Waals surface area contributed by atoms with Gasteiger partial charge in [0.2, 0.25) is 10.0 Å². The first kappa shape index (κ1) is 21.1. The summed E-state index contributed by atoms with van der Waals surface area (Å²) in [6, 6.07) is 4.70. The Morgan fingerprint density at radius 3 is 2.59 bits per heavy atom. The zero-order chi connectivity index (χ0) is 20.0.